The summed E-state index contributed by atoms with van der Waals surface area (Å²) in [5, 5.41) is 2.61. The monoisotopic (exact) mass is 438 g/mol. The molecule has 3 aromatic carbocycles. The van der Waals surface area contributed by atoms with E-state index in [1.807, 2.05) is 0 Å². The highest BCUT2D eigenvalue weighted by molar-refractivity contribution is 6.30. The van der Waals surface area contributed by atoms with E-state index in [1.54, 1.807) is 24.3 Å². The number of carbonyl (C=O) groups excluding carboxylic acids is 1. The minimum absolute atomic E-state index is 0.00685. The lowest BCUT2D eigenvalue weighted by molar-refractivity contribution is 0.101. The highest BCUT2D eigenvalue weighted by Gasteiger charge is 2.29. The summed E-state index contributed by atoms with van der Waals surface area (Å²) in [6, 6.07) is 10.7. The summed E-state index contributed by atoms with van der Waals surface area (Å²) in [6.07, 6.45) is 0. The van der Waals surface area contributed by atoms with E-state index in [4.69, 9.17) is 16.0 Å². The molecule has 152 valence electrons. The molecule has 0 radical (unpaired) electrons. The SMILES string of the molecule is O=C(Nc1ccc2oc(-c3ccc(Cl)cc3)nc2c1)c1c(F)c(F)c(F)c(F)c1F. The van der Waals surface area contributed by atoms with E-state index in [9.17, 15) is 26.7 Å². The van der Waals surface area contributed by atoms with E-state index in [0.29, 0.717) is 16.2 Å². The van der Waals surface area contributed by atoms with Crippen molar-refractivity contribution >= 4 is 34.3 Å². The lowest BCUT2D eigenvalue weighted by atomic mass is 10.1. The molecular formula is C20H8ClF5N2O2. The highest BCUT2D eigenvalue weighted by Crippen LogP contribution is 2.28. The Bertz CT molecular complexity index is 1280. The van der Waals surface area contributed by atoms with E-state index in [-0.39, 0.29) is 17.1 Å². The molecule has 0 fully saturated rings. The molecule has 4 rings (SSSR count). The molecule has 0 bridgehead atoms. The van der Waals surface area contributed by atoms with Crippen molar-refractivity contribution in [3.8, 4) is 11.5 Å². The van der Waals surface area contributed by atoms with Gasteiger partial charge < -0.3 is 9.73 Å². The van der Waals surface area contributed by atoms with Gasteiger partial charge in [0.25, 0.3) is 5.91 Å². The molecule has 4 aromatic rings. The summed E-state index contributed by atoms with van der Waals surface area (Å²) in [5.41, 5.74) is -0.326. The largest absolute Gasteiger partial charge is 0.436 e. The average molecular weight is 439 g/mol. The quantitative estimate of drug-likeness (QED) is 0.239. The molecule has 30 heavy (non-hydrogen) atoms. The molecule has 1 heterocycles. The third-order valence-electron chi connectivity index (χ3n) is 4.17. The molecule has 10 heteroatoms. The van der Waals surface area contributed by atoms with Crippen LogP contribution in [-0.4, -0.2) is 10.9 Å². The standard InChI is InChI=1S/C20H8ClF5N2O2/c21-9-3-1-8(2-4-9)20-28-11-7-10(5-6-12(11)30-20)27-19(29)13-14(22)16(24)18(26)17(25)15(13)23/h1-7H,(H,27,29). The number of hydrogen-bond donors (Lipinski definition) is 1. The first-order chi connectivity index (χ1) is 14.3. The molecule has 0 saturated heterocycles. The van der Waals surface area contributed by atoms with Gasteiger partial charge in [0, 0.05) is 16.3 Å². The van der Waals surface area contributed by atoms with Gasteiger partial charge in [-0.15, -0.1) is 0 Å². The number of benzene rings is 3. The summed E-state index contributed by atoms with van der Waals surface area (Å²) in [7, 11) is 0. The molecule has 1 aromatic heterocycles. The Kier molecular flexibility index (Phi) is 4.90. The first-order valence-electron chi connectivity index (χ1n) is 8.25. The number of oxazole rings is 1. The maximum atomic E-state index is 13.8. The summed E-state index contributed by atoms with van der Waals surface area (Å²) in [4.78, 5) is 16.4. The Morgan fingerprint density at radius 3 is 2.10 bits per heavy atom. The van der Waals surface area contributed by atoms with Crippen molar-refractivity contribution in [2.45, 2.75) is 0 Å². The summed E-state index contributed by atoms with van der Waals surface area (Å²) in [5.74, 6) is -12.5. The fourth-order valence-electron chi connectivity index (χ4n) is 2.72. The predicted octanol–water partition coefficient (Wildman–Crippen LogP) is 6.10. The van der Waals surface area contributed by atoms with Crippen molar-refractivity contribution in [1.82, 2.24) is 4.98 Å². The topological polar surface area (TPSA) is 55.1 Å². The summed E-state index contributed by atoms with van der Waals surface area (Å²) < 4.78 is 73.0. The van der Waals surface area contributed by atoms with E-state index in [1.165, 1.54) is 18.2 Å². The predicted molar refractivity (Wildman–Crippen MR) is 98.6 cm³/mol. The smallest absolute Gasteiger partial charge is 0.261 e. The molecule has 1 amide bonds. The van der Waals surface area contributed by atoms with Crippen molar-refractivity contribution < 1.29 is 31.2 Å². The molecule has 0 aliphatic carbocycles. The van der Waals surface area contributed by atoms with Gasteiger partial charge in [-0.3, -0.25) is 4.79 Å². The normalized spacial score (nSPS) is 11.1. The van der Waals surface area contributed by atoms with Crippen molar-refractivity contribution in [1.29, 1.82) is 0 Å². The Hall–Kier alpha value is -3.46. The minimum atomic E-state index is -2.35. The lowest BCUT2D eigenvalue weighted by Crippen LogP contribution is -2.19. The van der Waals surface area contributed by atoms with E-state index in [2.05, 4.69) is 10.3 Å². The Labute approximate surface area is 169 Å². The van der Waals surface area contributed by atoms with Crippen molar-refractivity contribution in [2.24, 2.45) is 0 Å². The maximum absolute atomic E-state index is 13.8. The number of halogens is 6. The van der Waals surface area contributed by atoms with Gasteiger partial charge in [0.05, 0.1) is 0 Å². The number of hydrogen-bond acceptors (Lipinski definition) is 3. The van der Waals surface area contributed by atoms with Crippen LogP contribution in [0.5, 0.6) is 0 Å². The number of carbonyl (C=O) groups is 1. The Morgan fingerprint density at radius 1 is 0.867 bits per heavy atom. The molecule has 0 aliphatic heterocycles. The molecule has 0 atom stereocenters. The van der Waals surface area contributed by atoms with Crippen LogP contribution in [0.15, 0.2) is 46.9 Å². The van der Waals surface area contributed by atoms with Crippen LogP contribution in [0.3, 0.4) is 0 Å². The average Bonchev–Trinajstić information content (AvgIpc) is 3.15. The molecule has 4 nitrogen and oxygen atoms in total. The van der Waals surface area contributed by atoms with Gasteiger partial charge in [0.2, 0.25) is 11.7 Å². The van der Waals surface area contributed by atoms with Crippen LogP contribution >= 0.6 is 11.6 Å². The number of amides is 1. The third-order valence-corrected chi connectivity index (χ3v) is 4.43. The number of fused-ring (bicyclic) bond motifs is 1. The Morgan fingerprint density at radius 2 is 1.47 bits per heavy atom. The van der Waals surface area contributed by atoms with Gasteiger partial charge in [-0.2, -0.15) is 0 Å². The van der Waals surface area contributed by atoms with Gasteiger partial charge in [0.1, 0.15) is 11.1 Å². The van der Waals surface area contributed by atoms with Gasteiger partial charge in [-0.25, -0.2) is 26.9 Å². The van der Waals surface area contributed by atoms with Crippen LogP contribution in [0.2, 0.25) is 5.02 Å². The zero-order chi connectivity index (χ0) is 21.6. The number of nitrogens with zero attached hydrogens (tertiary/aromatic N) is 1. The molecule has 0 spiro atoms. The van der Waals surface area contributed by atoms with Gasteiger partial charge in [-0.1, -0.05) is 11.6 Å². The van der Waals surface area contributed by atoms with Crippen LogP contribution in [0.1, 0.15) is 10.4 Å². The molecule has 0 saturated carbocycles. The second-order valence-corrected chi connectivity index (χ2v) is 6.54. The van der Waals surface area contributed by atoms with Gasteiger partial charge in [0.15, 0.2) is 28.9 Å². The van der Waals surface area contributed by atoms with Crippen molar-refractivity contribution in [3.05, 3.63) is 82.1 Å². The minimum Gasteiger partial charge on any atom is -0.436 e. The first-order valence-corrected chi connectivity index (χ1v) is 8.63. The van der Waals surface area contributed by atoms with Crippen LogP contribution in [0, 0.1) is 29.1 Å². The molecule has 0 unspecified atom stereocenters. The molecule has 1 N–H and O–H groups in total. The summed E-state index contributed by atoms with van der Waals surface area (Å²) in [6.45, 7) is 0. The van der Waals surface area contributed by atoms with Gasteiger partial charge >= 0.3 is 0 Å². The van der Waals surface area contributed by atoms with Crippen LogP contribution < -0.4 is 5.32 Å². The zero-order valence-corrected chi connectivity index (χ0v) is 15.3. The zero-order valence-electron chi connectivity index (χ0n) is 14.6. The fourth-order valence-corrected chi connectivity index (χ4v) is 2.84. The fraction of sp³-hybridized carbons (Fsp3) is 0. The van der Waals surface area contributed by atoms with Crippen LogP contribution in [-0.2, 0) is 0 Å². The van der Waals surface area contributed by atoms with Crippen molar-refractivity contribution in [2.75, 3.05) is 5.32 Å². The van der Waals surface area contributed by atoms with E-state index >= 15 is 0 Å². The number of rotatable bonds is 3. The van der Waals surface area contributed by atoms with Crippen LogP contribution in [0.25, 0.3) is 22.6 Å². The second kappa shape index (κ2) is 7.42. The van der Waals surface area contributed by atoms with Crippen LogP contribution in [0.4, 0.5) is 27.6 Å². The molecule has 0 aliphatic rings. The van der Waals surface area contributed by atoms with E-state index in [0.717, 1.165) is 0 Å². The molecular weight excluding hydrogens is 431 g/mol. The first kappa shape index (κ1) is 19.8. The third kappa shape index (κ3) is 3.37. The number of aromatic nitrogens is 1. The Balaban J connectivity index is 1.66. The highest BCUT2D eigenvalue weighted by atomic mass is 35.5. The lowest BCUT2D eigenvalue weighted by Gasteiger charge is -2.09. The van der Waals surface area contributed by atoms with Crippen molar-refractivity contribution in [3.63, 3.8) is 0 Å². The second-order valence-electron chi connectivity index (χ2n) is 6.11. The van der Waals surface area contributed by atoms with E-state index < -0.39 is 40.6 Å². The van der Waals surface area contributed by atoms with Gasteiger partial charge in [-0.05, 0) is 42.5 Å². The number of nitrogens with one attached hydrogen (secondary N) is 1. The summed E-state index contributed by atoms with van der Waals surface area (Å²) >= 11 is 5.84. The number of anilines is 1. The maximum Gasteiger partial charge on any atom is 0.261 e.